The zero-order chi connectivity index (χ0) is 35.0. The molecule has 7 rings (SSSR count). The Morgan fingerprint density at radius 3 is 2.16 bits per heavy atom. The van der Waals surface area contributed by atoms with Gasteiger partial charge >= 0.3 is 10.1 Å². The first-order valence-corrected chi connectivity index (χ1v) is 17.8. The number of amides is 1. The van der Waals surface area contributed by atoms with Crippen molar-refractivity contribution < 1.29 is 22.6 Å². The summed E-state index contributed by atoms with van der Waals surface area (Å²) >= 11 is 0. The van der Waals surface area contributed by atoms with E-state index in [0.717, 1.165) is 28.4 Å². The molecule has 0 saturated carbocycles. The molecule has 7 aromatic rings. The van der Waals surface area contributed by atoms with Crippen LogP contribution in [0.2, 0.25) is 0 Å². The Bertz CT molecular complexity index is 2570. The number of para-hydroxylation sites is 1. The molecule has 252 valence electrons. The molecule has 0 bridgehead atoms. The van der Waals surface area contributed by atoms with E-state index >= 15 is 0 Å². The number of aromatic hydroxyl groups is 1. The molecule has 11 heteroatoms. The summed E-state index contributed by atoms with van der Waals surface area (Å²) in [4.78, 5) is 13.8. The number of anilines is 1. The van der Waals surface area contributed by atoms with Crippen LogP contribution in [0.3, 0.4) is 0 Å². The normalized spacial score (nSPS) is 12.2. The summed E-state index contributed by atoms with van der Waals surface area (Å²) in [6, 6.07) is 32.8. The highest BCUT2D eigenvalue weighted by atomic mass is 32.2. The smallest absolute Gasteiger partial charge is 0.313 e. The van der Waals surface area contributed by atoms with Gasteiger partial charge in [-0.1, -0.05) is 80.6 Å². The second-order valence-electron chi connectivity index (χ2n) is 11.8. The summed E-state index contributed by atoms with van der Waals surface area (Å²) in [6.45, 7) is 7.32. The van der Waals surface area contributed by atoms with Crippen molar-refractivity contribution in [3.63, 3.8) is 0 Å². The fourth-order valence-electron chi connectivity index (χ4n) is 6.43. The highest BCUT2D eigenvalue weighted by Crippen LogP contribution is 2.41. The van der Waals surface area contributed by atoms with Gasteiger partial charge in [0.05, 0.1) is 11.3 Å². The molecule has 0 spiro atoms. The van der Waals surface area contributed by atoms with Gasteiger partial charge in [0.2, 0.25) is 0 Å². The summed E-state index contributed by atoms with van der Waals surface area (Å²) in [5.74, 6) is -0.832. The van der Waals surface area contributed by atoms with Crippen molar-refractivity contribution in [1.82, 2.24) is 9.63 Å². The standard InChI is InChI=1S/C39H35N5O5S/c1-4-43(5-2)49-50(47,48)36-22-20-33(28-15-9-10-17-30(28)36)41-42-37-27-14-8-7-13-25(27)23-32(38(37)45)39(46)40-26-19-21-35-31(24-26)29-16-11-12-18-34(29)44(35)6-3/h7-24,45H,4-6H2,1-3H3,(H,40,46). The summed E-state index contributed by atoms with van der Waals surface area (Å²) in [5.41, 5.74) is 3.29. The summed E-state index contributed by atoms with van der Waals surface area (Å²) in [6.07, 6.45) is 0. The Morgan fingerprint density at radius 1 is 0.760 bits per heavy atom. The molecule has 0 atom stereocenters. The average molecular weight is 686 g/mol. The number of azo groups is 1. The van der Waals surface area contributed by atoms with Crippen LogP contribution in [-0.2, 0) is 20.9 Å². The van der Waals surface area contributed by atoms with Crippen LogP contribution >= 0.6 is 0 Å². The molecule has 0 radical (unpaired) electrons. The molecular weight excluding hydrogens is 651 g/mol. The number of carbonyl (C=O) groups is 1. The fourth-order valence-corrected chi connectivity index (χ4v) is 7.69. The van der Waals surface area contributed by atoms with Crippen molar-refractivity contribution in [3.8, 4) is 5.75 Å². The first-order chi connectivity index (χ1) is 24.2. The molecule has 1 heterocycles. The number of fused-ring (bicyclic) bond motifs is 5. The van der Waals surface area contributed by atoms with Crippen LogP contribution in [0.25, 0.3) is 43.4 Å². The molecular formula is C39H35N5O5S. The van der Waals surface area contributed by atoms with E-state index < -0.39 is 16.0 Å². The first-order valence-electron chi connectivity index (χ1n) is 16.4. The van der Waals surface area contributed by atoms with E-state index in [-0.39, 0.29) is 21.9 Å². The van der Waals surface area contributed by atoms with Crippen LogP contribution < -0.4 is 5.32 Å². The molecule has 50 heavy (non-hydrogen) atoms. The van der Waals surface area contributed by atoms with Crippen LogP contribution in [0, 0.1) is 0 Å². The third-order valence-electron chi connectivity index (χ3n) is 8.88. The minimum Gasteiger partial charge on any atom is -0.505 e. The lowest BCUT2D eigenvalue weighted by Crippen LogP contribution is -2.27. The van der Waals surface area contributed by atoms with Gasteiger partial charge in [0.1, 0.15) is 10.6 Å². The predicted octanol–water partition coefficient (Wildman–Crippen LogP) is 9.46. The van der Waals surface area contributed by atoms with Crippen molar-refractivity contribution in [1.29, 1.82) is 0 Å². The lowest BCUT2D eigenvalue weighted by atomic mass is 10.0. The number of hydrogen-bond donors (Lipinski definition) is 2. The maximum absolute atomic E-state index is 13.8. The number of benzene rings is 6. The number of carbonyl (C=O) groups excluding carboxylic acids is 1. The number of phenols is 1. The molecule has 0 aliphatic carbocycles. The maximum atomic E-state index is 13.8. The first kappa shape index (κ1) is 32.9. The molecule has 0 fully saturated rings. The minimum absolute atomic E-state index is 0.00311. The Kier molecular flexibility index (Phi) is 8.79. The Balaban J connectivity index is 1.26. The number of rotatable bonds is 10. The van der Waals surface area contributed by atoms with E-state index in [2.05, 4.69) is 39.2 Å². The second-order valence-corrected chi connectivity index (χ2v) is 13.3. The van der Waals surface area contributed by atoms with E-state index in [4.69, 9.17) is 4.28 Å². The van der Waals surface area contributed by atoms with Gasteiger partial charge in [0.25, 0.3) is 5.91 Å². The molecule has 0 unspecified atom stereocenters. The van der Waals surface area contributed by atoms with Crippen molar-refractivity contribution in [2.45, 2.75) is 32.2 Å². The highest BCUT2D eigenvalue weighted by molar-refractivity contribution is 7.87. The Labute approximate surface area is 289 Å². The monoisotopic (exact) mass is 685 g/mol. The van der Waals surface area contributed by atoms with Gasteiger partial charge in [0, 0.05) is 63.3 Å². The number of aromatic nitrogens is 1. The quantitative estimate of drug-likeness (QED) is 0.109. The van der Waals surface area contributed by atoms with Gasteiger partial charge in [0.15, 0.2) is 5.75 Å². The summed E-state index contributed by atoms with van der Waals surface area (Å²) in [7, 11) is -4.13. The summed E-state index contributed by atoms with van der Waals surface area (Å²) < 4.78 is 34.1. The minimum atomic E-state index is -4.13. The number of hydrogen-bond acceptors (Lipinski definition) is 8. The topological polar surface area (TPSA) is 126 Å². The van der Waals surface area contributed by atoms with Crippen LogP contribution in [0.15, 0.2) is 124 Å². The zero-order valence-corrected chi connectivity index (χ0v) is 28.6. The van der Waals surface area contributed by atoms with Crippen molar-refractivity contribution >= 4 is 76.4 Å². The van der Waals surface area contributed by atoms with Crippen LogP contribution in [-0.4, -0.2) is 42.2 Å². The number of aryl methyl sites for hydroxylation is 1. The van der Waals surface area contributed by atoms with E-state index in [9.17, 15) is 18.3 Å². The predicted molar refractivity (Wildman–Crippen MR) is 198 cm³/mol. The fraction of sp³-hybridized carbons (Fsp3) is 0.154. The third-order valence-corrected chi connectivity index (χ3v) is 10.2. The Morgan fingerprint density at radius 2 is 1.42 bits per heavy atom. The van der Waals surface area contributed by atoms with Crippen LogP contribution in [0.4, 0.5) is 17.1 Å². The second kappa shape index (κ2) is 13.4. The number of hydroxylamine groups is 2. The van der Waals surface area contributed by atoms with Crippen molar-refractivity contribution in [2.24, 2.45) is 10.2 Å². The molecule has 0 aliphatic heterocycles. The van der Waals surface area contributed by atoms with E-state index in [1.54, 1.807) is 42.5 Å². The van der Waals surface area contributed by atoms with Crippen molar-refractivity contribution in [2.75, 3.05) is 18.4 Å². The van der Waals surface area contributed by atoms with Gasteiger partial charge < -0.3 is 15.0 Å². The van der Waals surface area contributed by atoms with Gasteiger partial charge in [-0.05, 0) is 54.8 Å². The molecule has 1 amide bonds. The third kappa shape index (κ3) is 5.85. The van der Waals surface area contributed by atoms with E-state index in [0.29, 0.717) is 46.0 Å². The lowest BCUT2D eigenvalue weighted by Gasteiger charge is -2.18. The van der Waals surface area contributed by atoms with E-state index in [1.165, 1.54) is 11.1 Å². The van der Waals surface area contributed by atoms with Crippen LogP contribution in [0.1, 0.15) is 31.1 Å². The zero-order valence-electron chi connectivity index (χ0n) is 27.8. The Hall–Kier alpha value is -5.62. The average Bonchev–Trinajstić information content (AvgIpc) is 3.45. The number of nitrogens with zero attached hydrogens (tertiary/aromatic N) is 4. The summed E-state index contributed by atoms with van der Waals surface area (Å²) in [5, 5.41) is 29.1. The molecule has 10 nitrogen and oxygen atoms in total. The SMILES string of the molecule is CCN(CC)OS(=O)(=O)c1ccc(N=Nc2c(O)c(C(=O)Nc3ccc4c(c3)c3ccccc3n4CC)cc3ccccc23)c2ccccc12. The van der Waals surface area contributed by atoms with Crippen LogP contribution in [0.5, 0.6) is 5.75 Å². The van der Waals surface area contributed by atoms with Gasteiger partial charge in [-0.2, -0.15) is 17.8 Å². The van der Waals surface area contributed by atoms with Gasteiger partial charge in [-0.3, -0.25) is 4.79 Å². The van der Waals surface area contributed by atoms with Gasteiger partial charge in [-0.15, -0.1) is 10.2 Å². The highest BCUT2D eigenvalue weighted by Gasteiger charge is 2.23. The molecule has 2 N–H and O–H groups in total. The largest absolute Gasteiger partial charge is 0.505 e. The molecule has 6 aromatic carbocycles. The molecule has 0 aliphatic rings. The lowest BCUT2D eigenvalue weighted by molar-refractivity contribution is -0.0412. The maximum Gasteiger partial charge on any atom is 0.313 e. The molecule has 1 aromatic heterocycles. The number of nitrogens with one attached hydrogen (secondary N) is 1. The van der Waals surface area contributed by atoms with E-state index in [1.807, 2.05) is 62.4 Å². The van der Waals surface area contributed by atoms with Gasteiger partial charge in [-0.25, -0.2) is 0 Å². The molecule has 0 saturated heterocycles. The number of phenolic OH excluding ortho intramolecular Hbond substituents is 1. The van der Waals surface area contributed by atoms with Crippen molar-refractivity contribution in [3.05, 3.63) is 115 Å².